The van der Waals surface area contributed by atoms with Crippen molar-refractivity contribution in [3.05, 3.63) is 144 Å². The van der Waals surface area contributed by atoms with Crippen LogP contribution in [0.1, 0.15) is 22.3 Å². The van der Waals surface area contributed by atoms with Crippen LogP contribution >= 0.6 is 0 Å². The van der Waals surface area contributed by atoms with Gasteiger partial charge in [-0.3, -0.25) is 0 Å². The molecule has 0 heteroatoms. The first-order chi connectivity index (χ1) is 21.4. The quantitative estimate of drug-likeness (QED) is 0.146. The summed E-state index contributed by atoms with van der Waals surface area (Å²) >= 11 is 0. The van der Waals surface area contributed by atoms with Crippen LogP contribution in [0.4, 0.5) is 0 Å². The van der Waals surface area contributed by atoms with Crippen LogP contribution in [0.15, 0.2) is 121 Å². The Labute approximate surface area is 257 Å². The highest BCUT2D eigenvalue weighted by Gasteiger charge is 2.24. The molecule has 0 radical (unpaired) electrons. The highest BCUT2D eigenvalue weighted by Crippen LogP contribution is 2.52. The fraction of sp³-hybridized carbons (Fsp3) is 0.0909. The SMILES string of the molecule is Cc1cc(C)cc(-c2c3cc4ccccc4cc3c(-c3cc(C)cc(C)c3)c3c4cccc5ccc6cccc(c23)c6c54)c1. The Balaban J connectivity index is 1.69. The Morgan fingerprint density at radius 1 is 0.295 bits per heavy atom. The lowest BCUT2D eigenvalue weighted by Gasteiger charge is -2.24. The molecule has 0 bridgehead atoms. The fourth-order valence-electron chi connectivity index (χ4n) is 8.12. The minimum atomic E-state index is 1.27. The van der Waals surface area contributed by atoms with Crippen molar-refractivity contribution in [2.24, 2.45) is 0 Å². The summed E-state index contributed by atoms with van der Waals surface area (Å²) in [5.41, 5.74) is 10.4. The molecule has 44 heavy (non-hydrogen) atoms. The average molecular weight is 561 g/mol. The normalized spacial score (nSPS) is 12.1. The largest absolute Gasteiger partial charge is 0.0616 e. The molecule has 0 saturated carbocycles. The van der Waals surface area contributed by atoms with E-state index in [1.807, 2.05) is 0 Å². The Morgan fingerprint density at radius 3 is 1.09 bits per heavy atom. The van der Waals surface area contributed by atoms with E-state index in [0.717, 1.165) is 0 Å². The van der Waals surface area contributed by atoms with Gasteiger partial charge in [0.1, 0.15) is 0 Å². The summed E-state index contributed by atoms with van der Waals surface area (Å²) in [6, 6.07) is 46.2. The van der Waals surface area contributed by atoms with E-state index in [-0.39, 0.29) is 0 Å². The van der Waals surface area contributed by atoms with Gasteiger partial charge in [-0.15, -0.1) is 0 Å². The predicted octanol–water partition coefficient (Wildman–Crippen LogP) is 12.6. The minimum Gasteiger partial charge on any atom is -0.0616 e. The molecule has 0 unspecified atom stereocenters. The Morgan fingerprint density at radius 2 is 0.682 bits per heavy atom. The van der Waals surface area contributed by atoms with Gasteiger partial charge in [0.2, 0.25) is 0 Å². The first-order valence-electron chi connectivity index (χ1n) is 15.6. The number of fused-ring (bicyclic) bond motifs is 5. The Bertz CT molecular complexity index is 2410. The van der Waals surface area contributed by atoms with Gasteiger partial charge in [-0.25, -0.2) is 0 Å². The van der Waals surface area contributed by atoms with Crippen molar-refractivity contribution in [2.75, 3.05) is 0 Å². The third kappa shape index (κ3) is 3.58. The van der Waals surface area contributed by atoms with Gasteiger partial charge in [-0.2, -0.15) is 0 Å². The van der Waals surface area contributed by atoms with E-state index in [0.29, 0.717) is 0 Å². The molecule has 0 aliphatic heterocycles. The summed E-state index contributed by atoms with van der Waals surface area (Å²) < 4.78 is 0. The van der Waals surface area contributed by atoms with Crippen molar-refractivity contribution in [1.29, 1.82) is 0 Å². The third-order valence-electron chi connectivity index (χ3n) is 9.62. The van der Waals surface area contributed by atoms with Crippen molar-refractivity contribution in [3.8, 4) is 22.3 Å². The lowest BCUT2D eigenvalue weighted by molar-refractivity contribution is 1.39. The zero-order valence-electron chi connectivity index (χ0n) is 25.5. The van der Waals surface area contributed by atoms with Crippen LogP contribution in [-0.4, -0.2) is 0 Å². The number of benzene rings is 9. The molecule has 9 aromatic rings. The highest BCUT2D eigenvalue weighted by molar-refractivity contribution is 6.41. The molecule has 0 aliphatic rings. The van der Waals surface area contributed by atoms with Crippen molar-refractivity contribution in [3.63, 3.8) is 0 Å². The van der Waals surface area contributed by atoms with E-state index in [2.05, 4.69) is 149 Å². The standard InChI is InChI=1S/C44H32/c1-25-17-26(2)20-33(19-25)41-37-23-31-9-5-6-10-32(31)24-38(37)42(34-21-27(3)18-28(4)22-34)44-36-14-8-12-30-16-15-29-11-7-13-35(43(41)44)39(29)40(30)36/h5-24H,1-4H3. The molecule has 9 aromatic carbocycles. The van der Waals surface area contributed by atoms with Gasteiger partial charge in [0.15, 0.2) is 0 Å². The summed E-state index contributed by atoms with van der Waals surface area (Å²) in [6.45, 7) is 8.89. The van der Waals surface area contributed by atoms with Crippen LogP contribution in [-0.2, 0) is 0 Å². The Kier molecular flexibility index (Phi) is 5.26. The van der Waals surface area contributed by atoms with Crippen LogP contribution in [0, 0.1) is 27.7 Å². The van der Waals surface area contributed by atoms with Gasteiger partial charge in [0.05, 0.1) is 0 Å². The molecule has 0 atom stereocenters. The topological polar surface area (TPSA) is 0 Å². The van der Waals surface area contributed by atoms with E-state index in [1.54, 1.807) is 0 Å². The molecular formula is C44H32. The molecule has 9 rings (SSSR count). The van der Waals surface area contributed by atoms with Crippen molar-refractivity contribution < 1.29 is 0 Å². The zero-order valence-corrected chi connectivity index (χ0v) is 25.5. The van der Waals surface area contributed by atoms with E-state index >= 15 is 0 Å². The van der Waals surface area contributed by atoms with E-state index in [4.69, 9.17) is 0 Å². The minimum absolute atomic E-state index is 1.27. The summed E-state index contributed by atoms with van der Waals surface area (Å²) in [4.78, 5) is 0. The second-order valence-corrected chi connectivity index (χ2v) is 12.9. The first-order valence-corrected chi connectivity index (χ1v) is 15.6. The summed E-state index contributed by atoms with van der Waals surface area (Å²) in [5.74, 6) is 0. The van der Waals surface area contributed by atoms with Crippen LogP contribution in [0.3, 0.4) is 0 Å². The molecular weight excluding hydrogens is 528 g/mol. The Hall–Kier alpha value is -5.20. The van der Waals surface area contributed by atoms with Crippen LogP contribution < -0.4 is 0 Å². The third-order valence-corrected chi connectivity index (χ3v) is 9.62. The smallest absolute Gasteiger partial charge is 0.000741 e. The van der Waals surface area contributed by atoms with Gasteiger partial charge in [-0.05, 0) is 127 Å². The summed E-state index contributed by atoms with van der Waals surface area (Å²) in [5, 5.41) is 15.9. The number of aryl methyl sites for hydroxylation is 4. The lowest BCUT2D eigenvalue weighted by Crippen LogP contribution is -1.96. The fourth-order valence-corrected chi connectivity index (χ4v) is 8.12. The van der Waals surface area contributed by atoms with Crippen LogP contribution in [0.25, 0.3) is 86.9 Å². The maximum absolute atomic E-state index is 2.45. The van der Waals surface area contributed by atoms with E-state index < -0.39 is 0 Å². The molecule has 0 N–H and O–H groups in total. The molecule has 0 aliphatic carbocycles. The van der Waals surface area contributed by atoms with Crippen LogP contribution in [0.5, 0.6) is 0 Å². The van der Waals surface area contributed by atoms with Gasteiger partial charge in [0.25, 0.3) is 0 Å². The van der Waals surface area contributed by atoms with Crippen molar-refractivity contribution >= 4 is 64.6 Å². The second kappa shape index (κ2) is 9.15. The molecule has 208 valence electrons. The van der Waals surface area contributed by atoms with Gasteiger partial charge in [-0.1, -0.05) is 131 Å². The molecule has 0 amide bonds. The van der Waals surface area contributed by atoms with Gasteiger partial charge < -0.3 is 0 Å². The van der Waals surface area contributed by atoms with E-state index in [1.165, 1.54) is 109 Å². The number of hydrogen-bond acceptors (Lipinski definition) is 0. The predicted molar refractivity (Wildman–Crippen MR) is 192 cm³/mol. The lowest BCUT2D eigenvalue weighted by atomic mass is 9.79. The van der Waals surface area contributed by atoms with Crippen molar-refractivity contribution in [2.45, 2.75) is 27.7 Å². The second-order valence-electron chi connectivity index (χ2n) is 12.9. The molecule has 0 fully saturated rings. The highest BCUT2D eigenvalue weighted by atomic mass is 14.3. The first kappa shape index (κ1) is 25.3. The maximum Gasteiger partial charge on any atom is -0.000741 e. The average Bonchev–Trinajstić information content (AvgIpc) is 3.01. The molecule has 0 spiro atoms. The molecule has 0 saturated heterocycles. The van der Waals surface area contributed by atoms with Gasteiger partial charge >= 0.3 is 0 Å². The number of rotatable bonds is 2. The van der Waals surface area contributed by atoms with Gasteiger partial charge in [0, 0.05) is 0 Å². The molecule has 0 aromatic heterocycles. The molecule has 0 nitrogen and oxygen atoms in total. The monoisotopic (exact) mass is 560 g/mol. The van der Waals surface area contributed by atoms with Crippen molar-refractivity contribution in [1.82, 2.24) is 0 Å². The number of hydrogen-bond donors (Lipinski definition) is 0. The summed E-state index contributed by atoms with van der Waals surface area (Å²) in [7, 11) is 0. The summed E-state index contributed by atoms with van der Waals surface area (Å²) in [6.07, 6.45) is 0. The van der Waals surface area contributed by atoms with E-state index in [9.17, 15) is 0 Å². The molecule has 0 heterocycles. The van der Waals surface area contributed by atoms with Crippen LogP contribution in [0.2, 0.25) is 0 Å². The maximum atomic E-state index is 2.45. The zero-order chi connectivity index (χ0) is 29.7.